The van der Waals surface area contributed by atoms with E-state index in [1.165, 1.54) is 25.3 Å². The molecule has 0 unspecified atom stereocenters. The van der Waals surface area contributed by atoms with Crippen LogP contribution >= 0.6 is 0 Å². The molecule has 0 amide bonds. The highest BCUT2D eigenvalue weighted by Crippen LogP contribution is 2.37. The Morgan fingerprint density at radius 1 is 0.903 bits per heavy atom. The number of benzene rings is 2. The lowest BCUT2D eigenvalue weighted by Crippen LogP contribution is -2.11. The number of nitrogens with zero attached hydrogens (tertiary/aromatic N) is 3. The molecule has 0 radical (unpaired) electrons. The molecule has 0 atom stereocenters. The van der Waals surface area contributed by atoms with Crippen molar-refractivity contribution in [3.63, 3.8) is 0 Å². The number of halogens is 6. The van der Waals surface area contributed by atoms with E-state index in [2.05, 4.69) is 15.4 Å². The molecule has 160 valence electrons. The van der Waals surface area contributed by atoms with Gasteiger partial charge in [-0.05, 0) is 47.5 Å². The van der Waals surface area contributed by atoms with Crippen molar-refractivity contribution < 1.29 is 31.1 Å². The van der Waals surface area contributed by atoms with Crippen LogP contribution in [-0.4, -0.2) is 22.5 Å². The van der Waals surface area contributed by atoms with Crippen LogP contribution in [0.4, 0.5) is 26.3 Å². The average molecular weight is 438 g/mol. The van der Waals surface area contributed by atoms with Crippen molar-refractivity contribution in [3.8, 4) is 23.1 Å². The smallest absolute Gasteiger partial charge is 0.416 e. The molecule has 31 heavy (non-hydrogen) atoms. The van der Waals surface area contributed by atoms with E-state index in [4.69, 9.17) is 10.00 Å². The lowest BCUT2D eigenvalue weighted by molar-refractivity contribution is -0.143. The Balaban J connectivity index is 2.05. The van der Waals surface area contributed by atoms with Crippen LogP contribution in [0.1, 0.15) is 27.9 Å². The largest absolute Gasteiger partial charge is 0.497 e. The van der Waals surface area contributed by atoms with Gasteiger partial charge in [0.25, 0.3) is 0 Å². The third-order valence-corrected chi connectivity index (χ3v) is 4.18. The van der Waals surface area contributed by atoms with Gasteiger partial charge in [-0.25, -0.2) is 5.10 Å². The van der Waals surface area contributed by atoms with E-state index in [-0.39, 0.29) is 23.0 Å². The fourth-order valence-corrected chi connectivity index (χ4v) is 2.75. The van der Waals surface area contributed by atoms with E-state index in [9.17, 15) is 26.3 Å². The summed E-state index contributed by atoms with van der Waals surface area (Å²) in [5.74, 6) is 0.337. The van der Waals surface area contributed by atoms with Crippen molar-refractivity contribution in [2.24, 2.45) is 0 Å². The topological polar surface area (TPSA) is 74.6 Å². The third kappa shape index (κ3) is 5.03. The molecule has 0 bridgehead atoms. The summed E-state index contributed by atoms with van der Waals surface area (Å²) in [5, 5.41) is 18.9. The number of methoxy groups -OCH3 is 1. The quantitative estimate of drug-likeness (QED) is 0.428. The first-order valence-corrected chi connectivity index (χ1v) is 8.49. The first-order valence-electron chi connectivity index (χ1n) is 8.49. The molecule has 11 heteroatoms. The van der Waals surface area contributed by atoms with E-state index < -0.39 is 23.5 Å². The molecule has 0 fully saturated rings. The Morgan fingerprint density at radius 3 is 2.00 bits per heavy atom. The van der Waals surface area contributed by atoms with Gasteiger partial charge in [0.05, 0.1) is 18.2 Å². The Hall–Kier alpha value is -3.81. The van der Waals surface area contributed by atoms with E-state index in [1.54, 1.807) is 6.07 Å². The molecule has 0 aliphatic carbocycles. The van der Waals surface area contributed by atoms with Crippen LogP contribution in [0, 0.1) is 11.3 Å². The molecule has 1 N–H and O–H groups in total. The first-order chi connectivity index (χ1) is 14.5. The molecule has 5 nitrogen and oxygen atoms in total. The van der Waals surface area contributed by atoms with Gasteiger partial charge < -0.3 is 4.74 Å². The number of ether oxygens (including phenoxy) is 1. The maximum atomic E-state index is 13.0. The number of hydrogen-bond donors (Lipinski definition) is 1. The van der Waals surface area contributed by atoms with Crippen LogP contribution in [0.3, 0.4) is 0 Å². The summed E-state index contributed by atoms with van der Waals surface area (Å²) in [6, 6.07) is 7.80. The molecule has 3 aromatic rings. The third-order valence-electron chi connectivity index (χ3n) is 4.18. The molecule has 0 saturated heterocycles. The number of alkyl halides is 6. The van der Waals surface area contributed by atoms with Gasteiger partial charge in [-0.3, -0.25) is 0 Å². The maximum Gasteiger partial charge on any atom is 0.416 e. The second kappa shape index (κ2) is 8.14. The second-order valence-corrected chi connectivity index (χ2v) is 6.31. The maximum absolute atomic E-state index is 13.0. The Morgan fingerprint density at radius 2 is 1.48 bits per heavy atom. The zero-order chi connectivity index (χ0) is 22.8. The van der Waals surface area contributed by atoms with Gasteiger partial charge in [-0.15, -0.1) is 5.10 Å². The van der Waals surface area contributed by atoms with Gasteiger partial charge in [0.2, 0.25) is 0 Å². The first kappa shape index (κ1) is 21.9. The van der Waals surface area contributed by atoms with Crippen LogP contribution in [0.15, 0.2) is 36.4 Å². The minimum atomic E-state index is -4.94. The number of H-pyrrole nitrogens is 1. The van der Waals surface area contributed by atoms with Crippen molar-refractivity contribution >= 4 is 12.2 Å². The molecular weight excluding hydrogens is 426 g/mol. The zero-order valence-corrected chi connectivity index (χ0v) is 15.6. The summed E-state index contributed by atoms with van der Waals surface area (Å²) < 4.78 is 83.3. The molecule has 1 aromatic heterocycles. The fraction of sp³-hybridized carbons (Fsp3) is 0.150. The number of nitrogens with one attached hydrogen (secondary N) is 1. The normalized spacial score (nSPS) is 12.2. The van der Waals surface area contributed by atoms with Crippen molar-refractivity contribution in [2.75, 3.05) is 7.11 Å². The lowest BCUT2D eigenvalue weighted by Gasteiger charge is -2.13. The average Bonchev–Trinajstić information content (AvgIpc) is 3.19. The van der Waals surface area contributed by atoms with Crippen molar-refractivity contribution in [3.05, 3.63) is 64.3 Å². The highest BCUT2D eigenvalue weighted by atomic mass is 19.4. The highest BCUT2D eigenvalue weighted by molar-refractivity contribution is 5.75. The van der Waals surface area contributed by atoms with Crippen LogP contribution < -0.4 is 4.74 Å². The second-order valence-electron chi connectivity index (χ2n) is 6.31. The molecule has 0 aliphatic rings. The number of aromatic nitrogens is 3. The summed E-state index contributed by atoms with van der Waals surface area (Å²) in [6.45, 7) is 0. The van der Waals surface area contributed by atoms with E-state index >= 15 is 0 Å². The van der Waals surface area contributed by atoms with E-state index in [1.807, 2.05) is 6.07 Å². The lowest BCUT2D eigenvalue weighted by atomic mass is 10.0. The van der Waals surface area contributed by atoms with Gasteiger partial charge in [0.15, 0.2) is 5.69 Å². The Labute approximate surface area is 171 Å². The van der Waals surface area contributed by atoms with Crippen LogP contribution in [0.5, 0.6) is 5.75 Å². The molecule has 2 aromatic carbocycles. The Kier molecular flexibility index (Phi) is 5.75. The van der Waals surface area contributed by atoms with Gasteiger partial charge in [0.1, 0.15) is 17.5 Å². The summed E-state index contributed by atoms with van der Waals surface area (Å²) in [6.07, 6.45) is -7.42. The van der Waals surface area contributed by atoms with Gasteiger partial charge in [0, 0.05) is 5.56 Å². The monoisotopic (exact) mass is 438 g/mol. The minimum Gasteiger partial charge on any atom is -0.497 e. The molecule has 0 spiro atoms. The number of nitriles is 1. The molecular formula is C20H12F6N4O. The minimum absolute atomic E-state index is 0.0645. The number of rotatable bonds is 4. The van der Waals surface area contributed by atoms with Crippen LogP contribution in [0.25, 0.3) is 23.4 Å². The summed E-state index contributed by atoms with van der Waals surface area (Å²) in [5.41, 5.74) is -1.99. The van der Waals surface area contributed by atoms with Gasteiger partial charge in [-0.1, -0.05) is 17.4 Å². The molecule has 3 rings (SSSR count). The summed E-state index contributed by atoms with van der Waals surface area (Å²) >= 11 is 0. The predicted octanol–water partition coefficient (Wildman–Crippen LogP) is 5.56. The van der Waals surface area contributed by atoms with E-state index in [0.717, 1.165) is 6.08 Å². The number of aromatic amines is 1. The van der Waals surface area contributed by atoms with Crippen molar-refractivity contribution in [2.45, 2.75) is 12.4 Å². The van der Waals surface area contributed by atoms with Crippen molar-refractivity contribution in [1.29, 1.82) is 5.26 Å². The van der Waals surface area contributed by atoms with Crippen LogP contribution in [0.2, 0.25) is 0 Å². The predicted molar refractivity (Wildman–Crippen MR) is 98.5 cm³/mol. The highest BCUT2D eigenvalue weighted by Gasteiger charge is 2.36. The SMILES string of the molecule is COc1cc(/C=C/c2cc(C(F)(F)F)cc(C(F)(F)F)c2)cc(-c2nn[nH]c2C#N)c1. The zero-order valence-electron chi connectivity index (χ0n) is 15.6. The van der Waals surface area contributed by atoms with Crippen LogP contribution in [-0.2, 0) is 12.4 Å². The Bertz CT molecular complexity index is 1140. The van der Waals surface area contributed by atoms with Gasteiger partial charge >= 0.3 is 12.4 Å². The standard InChI is InChI=1S/C20H12F6N4O/c1-31-16-7-11(4-13(8-16)18-17(10-27)28-30-29-18)2-3-12-5-14(19(21,22)23)9-15(6-12)20(24,25)26/h2-9H,1H3,(H,28,29,30)/b3-2+. The molecule has 1 heterocycles. The summed E-state index contributed by atoms with van der Waals surface area (Å²) in [7, 11) is 1.38. The summed E-state index contributed by atoms with van der Waals surface area (Å²) in [4.78, 5) is 0. The van der Waals surface area contributed by atoms with E-state index in [0.29, 0.717) is 29.0 Å². The van der Waals surface area contributed by atoms with Crippen molar-refractivity contribution in [1.82, 2.24) is 15.4 Å². The molecule has 0 aliphatic heterocycles. The van der Waals surface area contributed by atoms with Gasteiger partial charge in [-0.2, -0.15) is 31.6 Å². The number of hydrogen-bond acceptors (Lipinski definition) is 4. The molecule has 0 saturated carbocycles. The fourth-order valence-electron chi connectivity index (χ4n) is 2.75.